The van der Waals surface area contributed by atoms with Crippen LogP contribution < -0.4 is 5.32 Å². The summed E-state index contributed by atoms with van der Waals surface area (Å²) in [5.74, 6) is 0. The number of nitrogens with zero attached hydrogens (tertiary/aromatic N) is 1. The average Bonchev–Trinajstić information content (AvgIpc) is 2.48. The smallest absolute Gasteiger partial charge is 0.101 e. The van der Waals surface area contributed by atoms with Crippen molar-refractivity contribution < 1.29 is 5.11 Å². The first kappa shape index (κ1) is 14.1. The van der Waals surface area contributed by atoms with Crippen LogP contribution in [-0.4, -0.2) is 17.8 Å². The third kappa shape index (κ3) is 3.59. The molecule has 3 heteroatoms. The second kappa shape index (κ2) is 6.74. The van der Waals surface area contributed by atoms with Crippen molar-refractivity contribution in [1.82, 2.24) is 0 Å². The summed E-state index contributed by atoms with van der Waals surface area (Å²) in [4.78, 5) is 0. The molecular formula is C17H18N2O. The fraction of sp³-hybridized carbons (Fsp3) is 0.235. The molecule has 0 saturated heterocycles. The van der Waals surface area contributed by atoms with E-state index in [4.69, 9.17) is 5.26 Å². The summed E-state index contributed by atoms with van der Waals surface area (Å²) in [6.45, 7) is 2.01. The average molecular weight is 266 g/mol. The van der Waals surface area contributed by atoms with Crippen LogP contribution in [0.5, 0.6) is 0 Å². The Bertz CT molecular complexity index is 602. The van der Waals surface area contributed by atoms with Gasteiger partial charge in [0.2, 0.25) is 0 Å². The molecule has 0 spiro atoms. The maximum absolute atomic E-state index is 9.54. The first-order valence-corrected chi connectivity index (χ1v) is 6.65. The molecule has 2 aromatic rings. The standard InChI is InChI=1S/C17H18N2O/c1-13-7-8-15(11-18)17(9-13)19-16(12-20)10-14-5-3-2-4-6-14/h2-9,16,19-20H,10,12H2,1H3. The minimum absolute atomic E-state index is 0.0215. The molecule has 2 rings (SSSR count). The largest absolute Gasteiger partial charge is 0.394 e. The van der Waals surface area contributed by atoms with Crippen LogP contribution in [0.25, 0.3) is 0 Å². The van der Waals surface area contributed by atoms with Crippen LogP contribution in [0.15, 0.2) is 48.5 Å². The van der Waals surface area contributed by atoms with Gasteiger partial charge in [-0.3, -0.25) is 0 Å². The second-order valence-corrected chi connectivity index (χ2v) is 4.87. The van der Waals surface area contributed by atoms with Gasteiger partial charge < -0.3 is 10.4 Å². The Morgan fingerprint density at radius 1 is 1.20 bits per heavy atom. The Balaban J connectivity index is 2.14. The van der Waals surface area contributed by atoms with Gasteiger partial charge in [0.15, 0.2) is 0 Å². The molecule has 1 unspecified atom stereocenters. The monoisotopic (exact) mass is 266 g/mol. The molecule has 0 aliphatic carbocycles. The maximum Gasteiger partial charge on any atom is 0.101 e. The van der Waals surface area contributed by atoms with Gasteiger partial charge in [0, 0.05) is 0 Å². The zero-order valence-electron chi connectivity index (χ0n) is 11.5. The molecule has 3 nitrogen and oxygen atoms in total. The van der Waals surface area contributed by atoms with Crippen LogP contribution in [0, 0.1) is 18.3 Å². The molecule has 1 atom stereocenters. The highest BCUT2D eigenvalue weighted by molar-refractivity contribution is 5.59. The van der Waals surface area contributed by atoms with Crippen LogP contribution in [-0.2, 0) is 6.42 Å². The lowest BCUT2D eigenvalue weighted by Crippen LogP contribution is -2.26. The van der Waals surface area contributed by atoms with Crippen LogP contribution in [0.2, 0.25) is 0 Å². The summed E-state index contributed by atoms with van der Waals surface area (Å²) in [5.41, 5.74) is 3.62. The number of hydrogen-bond acceptors (Lipinski definition) is 3. The summed E-state index contributed by atoms with van der Waals surface area (Å²) in [5, 5.41) is 21.9. The van der Waals surface area contributed by atoms with E-state index in [1.807, 2.05) is 49.4 Å². The first-order chi connectivity index (χ1) is 9.72. The lowest BCUT2D eigenvalue weighted by Gasteiger charge is -2.19. The number of aliphatic hydroxyl groups is 1. The molecule has 20 heavy (non-hydrogen) atoms. The molecule has 0 aromatic heterocycles. The SMILES string of the molecule is Cc1ccc(C#N)c(NC(CO)Cc2ccccc2)c1. The van der Waals surface area contributed by atoms with Crippen molar-refractivity contribution in [3.63, 3.8) is 0 Å². The molecule has 0 radical (unpaired) electrons. The van der Waals surface area contributed by atoms with Crippen molar-refractivity contribution in [1.29, 1.82) is 5.26 Å². The fourth-order valence-electron chi connectivity index (χ4n) is 2.15. The van der Waals surface area contributed by atoms with E-state index < -0.39 is 0 Å². The van der Waals surface area contributed by atoms with E-state index in [0.717, 1.165) is 23.2 Å². The molecular weight excluding hydrogens is 248 g/mol. The van der Waals surface area contributed by atoms with Gasteiger partial charge in [0.1, 0.15) is 6.07 Å². The van der Waals surface area contributed by atoms with E-state index in [1.165, 1.54) is 0 Å². The predicted octanol–water partition coefficient (Wildman–Crippen LogP) is 2.88. The number of rotatable bonds is 5. The minimum atomic E-state index is -0.105. The normalized spacial score (nSPS) is 11.7. The van der Waals surface area contributed by atoms with Crippen molar-refractivity contribution in [3.05, 3.63) is 65.2 Å². The third-order valence-electron chi connectivity index (χ3n) is 3.20. The Morgan fingerprint density at radius 2 is 1.95 bits per heavy atom. The number of aryl methyl sites for hydroxylation is 1. The summed E-state index contributed by atoms with van der Waals surface area (Å²) in [6, 6.07) is 17.7. The van der Waals surface area contributed by atoms with Gasteiger partial charge in [-0.15, -0.1) is 0 Å². The second-order valence-electron chi connectivity index (χ2n) is 4.87. The van der Waals surface area contributed by atoms with Crippen LogP contribution in [0.4, 0.5) is 5.69 Å². The van der Waals surface area contributed by atoms with Gasteiger partial charge in [-0.05, 0) is 36.6 Å². The van der Waals surface area contributed by atoms with E-state index in [0.29, 0.717) is 5.56 Å². The third-order valence-corrected chi connectivity index (χ3v) is 3.20. The number of anilines is 1. The van der Waals surface area contributed by atoms with Crippen molar-refractivity contribution in [2.45, 2.75) is 19.4 Å². The molecule has 0 fully saturated rings. The van der Waals surface area contributed by atoms with Crippen molar-refractivity contribution in [2.24, 2.45) is 0 Å². The summed E-state index contributed by atoms with van der Waals surface area (Å²) in [6.07, 6.45) is 0.718. The zero-order valence-corrected chi connectivity index (χ0v) is 11.5. The molecule has 2 N–H and O–H groups in total. The topological polar surface area (TPSA) is 56.0 Å². The van der Waals surface area contributed by atoms with Crippen LogP contribution in [0.3, 0.4) is 0 Å². The maximum atomic E-state index is 9.54. The number of hydrogen-bond donors (Lipinski definition) is 2. The van der Waals surface area contributed by atoms with Gasteiger partial charge in [-0.25, -0.2) is 0 Å². The lowest BCUT2D eigenvalue weighted by molar-refractivity contribution is 0.273. The number of benzene rings is 2. The van der Waals surface area contributed by atoms with Gasteiger partial charge in [0.25, 0.3) is 0 Å². The highest BCUT2D eigenvalue weighted by Crippen LogP contribution is 2.18. The van der Waals surface area contributed by atoms with Crippen molar-refractivity contribution >= 4 is 5.69 Å². The number of aliphatic hydroxyl groups excluding tert-OH is 1. The summed E-state index contributed by atoms with van der Waals surface area (Å²) in [7, 11) is 0. The molecule has 102 valence electrons. The Kier molecular flexibility index (Phi) is 4.75. The fourth-order valence-corrected chi connectivity index (χ4v) is 2.15. The van der Waals surface area contributed by atoms with Crippen LogP contribution >= 0.6 is 0 Å². The summed E-state index contributed by atoms with van der Waals surface area (Å²) < 4.78 is 0. The Morgan fingerprint density at radius 3 is 2.60 bits per heavy atom. The quantitative estimate of drug-likeness (QED) is 0.875. The lowest BCUT2D eigenvalue weighted by atomic mass is 10.0. The summed E-state index contributed by atoms with van der Waals surface area (Å²) >= 11 is 0. The molecule has 2 aromatic carbocycles. The van der Waals surface area contributed by atoms with Crippen molar-refractivity contribution in [2.75, 3.05) is 11.9 Å². The molecule has 0 heterocycles. The predicted molar refractivity (Wildman–Crippen MR) is 80.5 cm³/mol. The zero-order chi connectivity index (χ0) is 14.4. The number of nitriles is 1. The van der Waals surface area contributed by atoms with E-state index in [2.05, 4.69) is 11.4 Å². The first-order valence-electron chi connectivity index (χ1n) is 6.65. The van der Waals surface area contributed by atoms with E-state index >= 15 is 0 Å². The molecule has 0 aliphatic rings. The van der Waals surface area contributed by atoms with E-state index in [-0.39, 0.29) is 12.6 Å². The highest BCUT2D eigenvalue weighted by atomic mass is 16.3. The molecule has 0 amide bonds. The minimum Gasteiger partial charge on any atom is -0.394 e. The Hall–Kier alpha value is -2.31. The van der Waals surface area contributed by atoms with Gasteiger partial charge in [0.05, 0.1) is 23.9 Å². The van der Waals surface area contributed by atoms with Gasteiger partial charge in [-0.1, -0.05) is 36.4 Å². The Labute approximate surface area is 119 Å². The van der Waals surface area contributed by atoms with E-state index in [1.54, 1.807) is 6.07 Å². The molecule has 0 saturated carbocycles. The highest BCUT2D eigenvalue weighted by Gasteiger charge is 2.11. The van der Waals surface area contributed by atoms with Crippen LogP contribution in [0.1, 0.15) is 16.7 Å². The molecule has 0 aliphatic heterocycles. The van der Waals surface area contributed by atoms with E-state index in [9.17, 15) is 5.11 Å². The van der Waals surface area contributed by atoms with Gasteiger partial charge >= 0.3 is 0 Å². The molecule has 0 bridgehead atoms. The number of nitrogens with one attached hydrogen (secondary N) is 1. The van der Waals surface area contributed by atoms with Crippen molar-refractivity contribution in [3.8, 4) is 6.07 Å². The van der Waals surface area contributed by atoms with Gasteiger partial charge in [-0.2, -0.15) is 5.26 Å².